The predicted octanol–water partition coefficient (Wildman–Crippen LogP) is 5.63. The number of hydrogen-bond donors (Lipinski definition) is 1. The van der Waals surface area contributed by atoms with E-state index in [9.17, 15) is 18.3 Å². The minimum absolute atomic E-state index is 0.131. The van der Waals surface area contributed by atoms with Crippen molar-refractivity contribution in [1.82, 2.24) is 9.78 Å². The van der Waals surface area contributed by atoms with Crippen molar-refractivity contribution in [2.45, 2.75) is 20.0 Å². The first-order valence-corrected chi connectivity index (χ1v) is 7.70. The molecule has 2 aromatic carbocycles. The van der Waals surface area contributed by atoms with Gasteiger partial charge in [-0.1, -0.05) is 0 Å². The van der Waals surface area contributed by atoms with E-state index in [-0.39, 0.29) is 5.75 Å². The fourth-order valence-corrected chi connectivity index (χ4v) is 2.45. The van der Waals surface area contributed by atoms with Gasteiger partial charge in [0.1, 0.15) is 11.4 Å². The molecule has 1 heterocycles. The van der Waals surface area contributed by atoms with Gasteiger partial charge in [0.25, 0.3) is 0 Å². The number of halogens is 3. The van der Waals surface area contributed by atoms with Crippen LogP contribution in [0.25, 0.3) is 5.69 Å². The molecule has 0 saturated heterocycles. The van der Waals surface area contributed by atoms with Crippen molar-refractivity contribution in [3.8, 4) is 11.4 Å². The number of phenols is 1. The zero-order valence-corrected chi connectivity index (χ0v) is 14.0. The Labute approximate surface area is 147 Å². The summed E-state index contributed by atoms with van der Waals surface area (Å²) in [5.74, 6) is 0.131. The molecule has 5 nitrogen and oxygen atoms in total. The Hall–Kier alpha value is -3.16. The van der Waals surface area contributed by atoms with E-state index in [1.165, 1.54) is 28.9 Å². The minimum atomic E-state index is -4.38. The number of alkyl halides is 3. The maximum Gasteiger partial charge on any atom is 0.416 e. The van der Waals surface area contributed by atoms with Gasteiger partial charge >= 0.3 is 6.18 Å². The monoisotopic (exact) mass is 360 g/mol. The Kier molecular flexibility index (Phi) is 4.50. The molecular formula is C18H15F3N4O. The summed E-state index contributed by atoms with van der Waals surface area (Å²) >= 11 is 0. The van der Waals surface area contributed by atoms with E-state index in [2.05, 4.69) is 15.3 Å². The van der Waals surface area contributed by atoms with Crippen LogP contribution in [0.2, 0.25) is 0 Å². The molecule has 0 bridgehead atoms. The molecule has 0 aliphatic rings. The minimum Gasteiger partial charge on any atom is -0.508 e. The molecule has 1 aromatic heterocycles. The summed E-state index contributed by atoms with van der Waals surface area (Å²) in [7, 11) is 0. The van der Waals surface area contributed by atoms with E-state index in [1.807, 2.05) is 0 Å². The average Bonchev–Trinajstić information content (AvgIpc) is 2.88. The Morgan fingerprint density at radius 2 is 1.54 bits per heavy atom. The van der Waals surface area contributed by atoms with Crippen LogP contribution in [0.4, 0.5) is 24.5 Å². The quantitative estimate of drug-likeness (QED) is 0.615. The van der Waals surface area contributed by atoms with Crippen LogP contribution in [-0.2, 0) is 6.18 Å². The molecule has 0 saturated carbocycles. The lowest BCUT2D eigenvalue weighted by Gasteiger charge is -2.08. The highest BCUT2D eigenvalue weighted by Crippen LogP contribution is 2.31. The smallest absolute Gasteiger partial charge is 0.416 e. The summed E-state index contributed by atoms with van der Waals surface area (Å²) in [6.07, 6.45) is -4.38. The number of aromatic hydroxyl groups is 1. The topological polar surface area (TPSA) is 62.8 Å². The molecule has 3 rings (SSSR count). The van der Waals surface area contributed by atoms with E-state index in [0.29, 0.717) is 28.5 Å². The molecule has 0 radical (unpaired) electrons. The van der Waals surface area contributed by atoms with Crippen LogP contribution in [0, 0.1) is 13.8 Å². The second-order valence-electron chi connectivity index (χ2n) is 5.69. The van der Waals surface area contributed by atoms with Gasteiger partial charge in [0, 0.05) is 0 Å². The van der Waals surface area contributed by atoms with Crippen molar-refractivity contribution in [2.75, 3.05) is 0 Å². The summed E-state index contributed by atoms with van der Waals surface area (Å²) in [5, 5.41) is 21.9. The highest BCUT2D eigenvalue weighted by atomic mass is 19.4. The Morgan fingerprint density at radius 1 is 0.923 bits per heavy atom. The Balaban J connectivity index is 1.91. The molecule has 26 heavy (non-hydrogen) atoms. The summed E-state index contributed by atoms with van der Waals surface area (Å²) in [6, 6.07) is 11.0. The lowest BCUT2D eigenvalue weighted by molar-refractivity contribution is -0.137. The first-order valence-electron chi connectivity index (χ1n) is 7.70. The van der Waals surface area contributed by atoms with Crippen molar-refractivity contribution >= 4 is 11.4 Å². The van der Waals surface area contributed by atoms with E-state index in [1.54, 1.807) is 26.0 Å². The van der Waals surface area contributed by atoms with Gasteiger partial charge in [-0.05, 0) is 62.4 Å². The molecule has 0 aliphatic heterocycles. The van der Waals surface area contributed by atoms with E-state index >= 15 is 0 Å². The maximum atomic E-state index is 12.7. The van der Waals surface area contributed by atoms with Gasteiger partial charge in [0.05, 0.1) is 28.3 Å². The second kappa shape index (κ2) is 6.62. The lowest BCUT2D eigenvalue weighted by atomic mass is 10.2. The number of phenolic OH excluding ortho intramolecular Hbond substituents is 1. The Morgan fingerprint density at radius 3 is 2.12 bits per heavy atom. The first-order chi connectivity index (χ1) is 12.3. The molecule has 3 aromatic rings. The van der Waals surface area contributed by atoms with Crippen LogP contribution in [0.15, 0.2) is 58.8 Å². The lowest BCUT2D eigenvalue weighted by Crippen LogP contribution is -2.05. The van der Waals surface area contributed by atoms with E-state index < -0.39 is 11.7 Å². The van der Waals surface area contributed by atoms with Crippen molar-refractivity contribution in [1.29, 1.82) is 0 Å². The number of nitrogens with zero attached hydrogens (tertiary/aromatic N) is 4. The molecule has 0 fully saturated rings. The fourth-order valence-electron chi connectivity index (χ4n) is 2.45. The van der Waals surface area contributed by atoms with Gasteiger partial charge in [-0.2, -0.15) is 23.4 Å². The normalized spacial score (nSPS) is 12.0. The van der Waals surface area contributed by atoms with Crippen LogP contribution in [0.5, 0.6) is 5.75 Å². The summed E-state index contributed by atoms with van der Waals surface area (Å²) in [4.78, 5) is 0. The molecule has 0 unspecified atom stereocenters. The molecule has 0 aliphatic carbocycles. The number of hydrogen-bond acceptors (Lipinski definition) is 4. The average molecular weight is 360 g/mol. The van der Waals surface area contributed by atoms with Crippen LogP contribution in [-0.4, -0.2) is 14.9 Å². The molecule has 134 valence electrons. The highest BCUT2D eigenvalue weighted by molar-refractivity contribution is 5.51. The number of azo groups is 1. The molecule has 8 heteroatoms. The van der Waals surface area contributed by atoms with Crippen LogP contribution < -0.4 is 0 Å². The third-order valence-corrected chi connectivity index (χ3v) is 3.81. The third kappa shape index (κ3) is 3.58. The van der Waals surface area contributed by atoms with Crippen molar-refractivity contribution in [3.05, 3.63) is 65.5 Å². The van der Waals surface area contributed by atoms with Crippen LogP contribution in [0.1, 0.15) is 17.0 Å². The van der Waals surface area contributed by atoms with Gasteiger partial charge in [0.15, 0.2) is 0 Å². The molecule has 0 amide bonds. The van der Waals surface area contributed by atoms with E-state index in [4.69, 9.17) is 0 Å². The predicted molar refractivity (Wildman–Crippen MR) is 90.3 cm³/mol. The van der Waals surface area contributed by atoms with E-state index in [0.717, 1.165) is 12.1 Å². The zero-order valence-electron chi connectivity index (χ0n) is 14.0. The third-order valence-electron chi connectivity index (χ3n) is 3.81. The van der Waals surface area contributed by atoms with Crippen LogP contribution in [0.3, 0.4) is 0 Å². The van der Waals surface area contributed by atoms with Gasteiger partial charge < -0.3 is 5.11 Å². The molecule has 0 spiro atoms. The summed E-state index contributed by atoms with van der Waals surface area (Å²) in [5.41, 5.74) is 2.15. The van der Waals surface area contributed by atoms with Gasteiger partial charge in [-0.15, -0.1) is 5.11 Å². The number of benzene rings is 2. The Bertz CT molecular complexity index is 942. The molecule has 1 N–H and O–H groups in total. The highest BCUT2D eigenvalue weighted by Gasteiger charge is 2.30. The largest absolute Gasteiger partial charge is 0.508 e. The second-order valence-corrected chi connectivity index (χ2v) is 5.69. The number of rotatable bonds is 3. The summed E-state index contributed by atoms with van der Waals surface area (Å²) in [6.45, 7) is 3.52. The zero-order chi connectivity index (χ0) is 18.9. The molecular weight excluding hydrogens is 345 g/mol. The van der Waals surface area contributed by atoms with Gasteiger partial charge in [0.2, 0.25) is 0 Å². The number of aromatic nitrogens is 2. The first kappa shape index (κ1) is 17.7. The fraction of sp³-hybridized carbons (Fsp3) is 0.167. The standard InChI is InChI=1S/C18H15F3N4O/c1-11-17(23-22-14-5-9-16(26)10-6-14)12(2)25(24-11)15-7-3-13(4-8-15)18(19,20)21/h3-10,26H,1-2H3. The van der Waals surface area contributed by atoms with Gasteiger partial charge in [-0.25, -0.2) is 4.68 Å². The number of aryl methyl sites for hydroxylation is 1. The molecule has 0 atom stereocenters. The summed E-state index contributed by atoms with van der Waals surface area (Å²) < 4.78 is 39.6. The SMILES string of the molecule is Cc1nn(-c2ccc(C(F)(F)F)cc2)c(C)c1N=Nc1ccc(O)cc1. The van der Waals surface area contributed by atoms with Gasteiger partial charge in [-0.3, -0.25) is 0 Å². The van der Waals surface area contributed by atoms with Crippen molar-refractivity contribution < 1.29 is 18.3 Å². The maximum absolute atomic E-state index is 12.7. The van der Waals surface area contributed by atoms with Crippen LogP contribution >= 0.6 is 0 Å². The van der Waals surface area contributed by atoms with Crippen molar-refractivity contribution in [2.24, 2.45) is 10.2 Å². The van der Waals surface area contributed by atoms with Crippen molar-refractivity contribution in [3.63, 3.8) is 0 Å².